The predicted octanol–water partition coefficient (Wildman–Crippen LogP) is 5.11. The fourth-order valence-corrected chi connectivity index (χ4v) is 3.56. The van der Waals surface area contributed by atoms with E-state index in [0.717, 1.165) is 16.7 Å². The molecule has 0 spiro atoms. The molecule has 0 aliphatic carbocycles. The molecule has 2 N–H and O–H groups in total. The molecule has 0 saturated carbocycles. The van der Waals surface area contributed by atoms with Crippen LogP contribution in [0.15, 0.2) is 77.2 Å². The maximum absolute atomic E-state index is 12.4. The molecule has 3 aromatic carbocycles. The Balaban J connectivity index is 1.38. The van der Waals surface area contributed by atoms with Crippen molar-refractivity contribution in [2.45, 2.75) is 25.9 Å². The summed E-state index contributed by atoms with van der Waals surface area (Å²) in [4.78, 5) is 12.4. The van der Waals surface area contributed by atoms with Gasteiger partial charge in [0, 0.05) is 11.4 Å². The van der Waals surface area contributed by atoms with Gasteiger partial charge in [-0.2, -0.15) is 0 Å². The Morgan fingerprint density at radius 2 is 1.61 bits per heavy atom. The maximum atomic E-state index is 12.4. The van der Waals surface area contributed by atoms with Gasteiger partial charge in [0.1, 0.15) is 11.3 Å². The van der Waals surface area contributed by atoms with Crippen LogP contribution in [0.25, 0.3) is 21.7 Å². The highest BCUT2D eigenvalue weighted by Gasteiger charge is 2.15. The van der Waals surface area contributed by atoms with Crippen molar-refractivity contribution >= 4 is 27.6 Å². The maximum Gasteiger partial charge on any atom is 0.234 e. The molecule has 4 aromatic rings. The summed E-state index contributed by atoms with van der Waals surface area (Å²) in [5.41, 5.74) is 2.03. The molecule has 4 heteroatoms. The number of carbonyl (C=O) groups is 1. The smallest absolute Gasteiger partial charge is 0.234 e. The Kier molecular flexibility index (Phi) is 5.13. The van der Waals surface area contributed by atoms with Crippen LogP contribution in [0.1, 0.15) is 37.3 Å². The van der Waals surface area contributed by atoms with Crippen LogP contribution in [0.5, 0.6) is 0 Å². The van der Waals surface area contributed by atoms with Gasteiger partial charge in [0.05, 0.1) is 12.6 Å². The summed E-state index contributed by atoms with van der Waals surface area (Å²) < 4.78 is 5.84. The van der Waals surface area contributed by atoms with Gasteiger partial charge < -0.3 is 15.1 Å². The van der Waals surface area contributed by atoms with Gasteiger partial charge in [-0.1, -0.05) is 60.7 Å². The van der Waals surface area contributed by atoms with Crippen molar-refractivity contribution in [1.82, 2.24) is 10.6 Å². The second-order valence-electron chi connectivity index (χ2n) is 7.15. The third kappa shape index (κ3) is 3.78. The topological polar surface area (TPSA) is 54.3 Å². The normalized spacial score (nSPS) is 13.5. The first-order chi connectivity index (χ1) is 13.6. The summed E-state index contributed by atoms with van der Waals surface area (Å²) in [5.74, 6) is 0.705. The molecule has 0 radical (unpaired) electrons. The zero-order valence-corrected chi connectivity index (χ0v) is 16.1. The van der Waals surface area contributed by atoms with Crippen molar-refractivity contribution in [3.05, 3.63) is 84.1 Å². The van der Waals surface area contributed by atoms with Gasteiger partial charge >= 0.3 is 0 Å². The van der Waals surface area contributed by atoms with Gasteiger partial charge in [0.2, 0.25) is 5.91 Å². The molecule has 0 aliphatic heterocycles. The molecule has 28 heavy (non-hydrogen) atoms. The van der Waals surface area contributed by atoms with Gasteiger partial charge in [0.15, 0.2) is 0 Å². The summed E-state index contributed by atoms with van der Waals surface area (Å²) in [6.07, 6.45) is 0. The minimum atomic E-state index is -0.186. The minimum absolute atomic E-state index is 0.0555. The molecule has 142 valence electrons. The SMILES string of the molecule is C[C@@H](NC(=O)CN[C@H](C)c1cccc2ccccc12)c1cc2ccccc2o1. The Hall–Kier alpha value is -3.11. The number of nitrogens with one attached hydrogen (secondary N) is 2. The summed E-state index contributed by atoms with van der Waals surface area (Å²) >= 11 is 0. The Morgan fingerprint density at radius 1 is 0.893 bits per heavy atom. The van der Waals surface area contributed by atoms with Gasteiger partial charge in [-0.05, 0) is 42.3 Å². The van der Waals surface area contributed by atoms with Crippen LogP contribution >= 0.6 is 0 Å². The second-order valence-corrected chi connectivity index (χ2v) is 7.15. The van der Waals surface area contributed by atoms with Crippen molar-refractivity contribution in [2.75, 3.05) is 6.54 Å². The van der Waals surface area contributed by atoms with E-state index in [1.165, 1.54) is 16.3 Å². The lowest BCUT2D eigenvalue weighted by Gasteiger charge is -2.17. The highest BCUT2D eigenvalue weighted by Crippen LogP contribution is 2.25. The van der Waals surface area contributed by atoms with Gasteiger partial charge in [0.25, 0.3) is 0 Å². The number of hydrogen-bond acceptors (Lipinski definition) is 3. The number of rotatable bonds is 6. The average Bonchev–Trinajstić information content (AvgIpc) is 3.16. The van der Waals surface area contributed by atoms with Crippen molar-refractivity contribution in [2.24, 2.45) is 0 Å². The number of carbonyl (C=O) groups excluding carboxylic acids is 1. The number of para-hydroxylation sites is 1. The number of fused-ring (bicyclic) bond motifs is 2. The lowest BCUT2D eigenvalue weighted by Crippen LogP contribution is -2.36. The van der Waals surface area contributed by atoms with Crippen molar-refractivity contribution in [3.8, 4) is 0 Å². The number of benzene rings is 3. The molecule has 0 aliphatic rings. The molecular weight excluding hydrogens is 348 g/mol. The van der Waals surface area contributed by atoms with E-state index in [0.29, 0.717) is 0 Å². The van der Waals surface area contributed by atoms with Gasteiger partial charge in [-0.3, -0.25) is 4.79 Å². The third-order valence-corrected chi connectivity index (χ3v) is 5.11. The van der Waals surface area contributed by atoms with Crippen molar-refractivity contribution in [3.63, 3.8) is 0 Å². The van der Waals surface area contributed by atoms with Gasteiger partial charge in [-0.25, -0.2) is 0 Å². The molecular formula is C24H24N2O2. The fraction of sp³-hybridized carbons (Fsp3) is 0.208. The standard InChI is InChI=1S/C24H24N2O2/c1-16(20-12-7-10-18-8-3-5-11-21(18)20)25-15-24(27)26-17(2)23-14-19-9-4-6-13-22(19)28-23/h3-14,16-17,25H,15H2,1-2H3,(H,26,27)/t16-,17-/m1/s1. The highest BCUT2D eigenvalue weighted by molar-refractivity contribution is 5.86. The van der Waals surface area contributed by atoms with E-state index < -0.39 is 0 Å². The number of hydrogen-bond donors (Lipinski definition) is 2. The van der Waals surface area contributed by atoms with Crippen LogP contribution < -0.4 is 10.6 Å². The summed E-state index contributed by atoms with van der Waals surface area (Å²) in [5, 5.41) is 9.79. The second kappa shape index (κ2) is 7.87. The van der Waals surface area contributed by atoms with Gasteiger partial charge in [-0.15, -0.1) is 0 Å². The monoisotopic (exact) mass is 372 g/mol. The Bertz CT molecular complexity index is 1080. The quantitative estimate of drug-likeness (QED) is 0.494. The van der Waals surface area contributed by atoms with Crippen LogP contribution in [0.2, 0.25) is 0 Å². The fourth-order valence-electron chi connectivity index (χ4n) is 3.56. The molecule has 0 bridgehead atoms. The first-order valence-corrected chi connectivity index (χ1v) is 9.60. The number of amides is 1. The summed E-state index contributed by atoms with van der Waals surface area (Å²) in [7, 11) is 0. The first kappa shape index (κ1) is 18.3. The van der Waals surface area contributed by atoms with Crippen LogP contribution in [0, 0.1) is 0 Å². The molecule has 1 heterocycles. The third-order valence-electron chi connectivity index (χ3n) is 5.11. The molecule has 0 saturated heterocycles. The van der Waals surface area contributed by atoms with E-state index in [2.05, 4.69) is 47.9 Å². The van der Waals surface area contributed by atoms with Crippen molar-refractivity contribution < 1.29 is 9.21 Å². The molecule has 4 nitrogen and oxygen atoms in total. The molecule has 4 rings (SSSR count). The Morgan fingerprint density at radius 3 is 2.43 bits per heavy atom. The van der Waals surface area contributed by atoms with E-state index in [1.54, 1.807) is 0 Å². The zero-order chi connectivity index (χ0) is 19.5. The van der Waals surface area contributed by atoms with Crippen LogP contribution in [-0.2, 0) is 4.79 Å². The molecule has 0 fully saturated rings. The van der Waals surface area contributed by atoms with E-state index in [-0.39, 0.29) is 24.5 Å². The zero-order valence-electron chi connectivity index (χ0n) is 16.1. The predicted molar refractivity (Wildman–Crippen MR) is 113 cm³/mol. The van der Waals surface area contributed by atoms with E-state index in [4.69, 9.17) is 4.42 Å². The lowest BCUT2D eigenvalue weighted by atomic mass is 10.00. The summed E-state index contributed by atoms with van der Waals surface area (Å²) in [6, 6.07) is 24.3. The average molecular weight is 372 g/mol. The first-order valence-electron chi connectivity index (χ1n) is 9.60. The van der Waals surface area contributed by atoms with Crippen LogP contribution in [-0.4, -0.2) is 12.5 Å². The molecule has 1 aromatic heterocycles. The highest BCUT2D eigenvalue weighted by atomic mass is 16.3. The lowest BCUT2D eigenvalue weighted by molar-refractivity contribution is -0.121. The molecule has 0 unspecified atom stereocenters. The minimum Gasteiger partial charge on any atom is -0.459 e. The van der Waals surface area contributed by atoms with Crippen LogP contribution in [0.3, 0.4) is 0 Å². The van der Waals surface area contributed by atoms with E-state index >= 15 is 0 Å². The summed E-state index contributed by atoms with van der Waals surface area (Å²) in [6.45, 7) is 4.26. The number of furan rings is 1. The molecule has 1 amide bonds. The van der Waals surface area contributed by atoms with Crippen LogP contribution in [0.4, 0.5) is 0 Å². The Labute approximate surface area is 164 Å². The van der Waals surface area contributed by atoms with E-state index in [1.807, 2.05) is 49.4 Å². The largest absolute Gasteiger partial charge is 0.459 e. The molecule has 2 atom stereocenters. The van der Waals surface area contributed by atoms with E-state index in [9.17, 15) is 4.79 Å². The van der Waals surface area contributed by atoms with Crippen molar-refractivity contribution in [1.29, 1.82) is 0 Å².